The maximum atomic E-state index is 11.9. The predicted octanol–water partition coefficient (Wildman–Crippen LogP) is 4.39. The summed E-state index contributed by atoms with van der Waals surface area (Å²) in [5.41, 5.74) is 2.10. The van der Waals surface area contributed by atoms with Gasteiger partial charge in [0.1, 0.15) is 11.6 Å². The highest BCUT2D eigenvalue weighted by atomic mass is 16.5. The Bertz CT molecular complexity index is 767. The lowest BCUT2D eigenvalue weighted by Gasteiger charge is -2.42. The molecule has 140 valence electrons. The van der Waals surface area contributed by atoms with Gasteiger partial charge in [0, 0.05) is 38.4 Å². The number of carbonyl (C=O) groups is 1. The van der Waals surface area contributed by atoms with Crippen LogP contribution in [0.4, 0.5) is 5.69 Å². The number of nitrogens with zero attached hydrogens (tertiary/aromatic N) is 3. The average Bonchev–Trinajstić information content (AvgIpc) is 2.63. The van der Waals surface area contributed by atoms with Gasteiger partial charge >= 0.3 is 0 Å². The molecule has 5 nitrogen and oxygen atoms in total. The van der Waals surface area contributed by atoms with Gasteiger partial charge in [0.2, 0.25) is 5.91 Å². The smallest absolute Gasteiger partial charge is 0.224 e. The van der Waals surface area contributed by atoms with Crippen LogP contribution in [0.3, 0.4) is 0 Å². The second-order valence-corrected chi connectivity index (χ2v) is 6.47. The van der Waals surface area contributed by atoms with Crippen molar-refractivity contribution in [3.63, 3.8) is 0 Å². The van der Waals surface area contributed by atoms with Gasteiger partial charge in [-0.3, -0.25) is 4.79 Å². The van der Waals surface area contributed by atoms with Gasteiger partial charge in [0.05, 0.1) is 7.11 Å². The largest absolute Gasteiger partial charge is 0.497 e. The van der Waals surface area contributed by atoms with Crippen LogP contribution in [-0.4, -0.2) is 29.0 Å². The third kappa shape index (κ3) is 4.10. The zero-order chi connectivity index (χ0) is 19.3. The van der Waals surface area contributed by atoms with E-state index in [1.807, 2.05) is 36.1 Å². The highest BCUT2D eigenvalue weighted by Gasteiger charge is 2.36. The summed E-state index contributed by atoms with van der Waals surface area (Å²) in [6.07, 6.45) is 5.42. The molecular formula is C21H29N3O2. The lowest BCUT2D eigenvalue weighted by Crippen LogP contribution is -2.46. The van der Waals surface area contributed by atoms with Crippen LogP contribution >= 0.6 is 0 Å². The SMILES string of the molecule is C=C[C@H]1c2cc(OC)ccc2N(C(C)=O)[C@@H](C)[C@@H]1C.Cc1ncccn1.[HH]. The standard InChI is InChI=1S/C16H21NO2.C5H6N2.H2/c1-6-14-10(2)11(3)17(12(4)18)16-8-7-13(19-5)9-15(14)16;1-5-6-3-2-4-7-5;/h6-11,14H,1H2,2-5H3;2-4H,1H3;1H/t10-,11-,14+;;/m0../s1. The summed E-state index contributed by atoms with van der Waals surface area (Å²) in [5.74, 6) is 2.29. The number of aryl methyl sites for hydroxylation is 1. The molecule has 1 amide bonds. The fourth-order valence-corrected chi connectivity index (χ4v) is 3.36. The molecule has 0 unspecified atom stereocenters. The van der Waals surface area contributed by atoms with E-state index in [1.165, 1.54) is 0 Å². The Kier molecular flexibility index (Phi) is 6.50. The molecule has 1 aromatic carbocycles. The molecule has 0 bridgehead atoms. The van der Waals surface area contributed by atoms with Crippen molar-refractivity contribution in [3.8, 4) is 5.75 Å². The molecule has 0 saturated heterocycles. The number of ether oxygens (including phenoxy) is 1. The molecule has 0 N–H and O–H groups in total. The van der Waals surface area contributed by atoms with Gasteiger partial charge in [-0.15, -0.1) is 6.58 Å². The molecule has 0 fully saturated rings. The number of hydrogen-bond acceptors (Lipinski definition) is 4. The van der Waals surface area contributed by atoms with Crippen LogP contribution in [0.2, 0.25) is 0 Å². The summed E-state index contributed by atoms with van der Waals surface area (Å²) in [6, 6.07) is 7.85. The first-order valence-electron chi connectivity index (χ1n) is 8.74. The molecule has 1 aromatic heterocycles. The Morgan fingerprint density at radius 2 is 1.96 bits per heavy atom. The normalized spacial score (nSPS) is 21.1. The number of hydrogen-bond donors (Lipinski definition) is 0. The average molecular weight is 355 g/mol. The summed E-state index contributed by atoms with van der Waals surface area (Å²) in [6.45, 7) is 11.7. The summed E-state index contributed by atoms with van der Waals surface area (Å²) in [4.78, 5) is 21.5. The number of anilines is 1. The Morgan fingerprint density at radius 1 is 1.31 bits per heavy atom. The van der Waals surface area contributed by atoms with E-state index in [0.717, 1.165) is 22.8 Å². The van der Waals surface area contributed by atoms with Crippen molar-refractivity contribution in [2.45, 2.75) is 39.7 Å². The van der Waals surface area contributed by atoms with Gasteiger partial charge in [0.25, 0.3) is 0 Å². The number of fused-ring (bicyclic) bond motifs is 1. The van der Waals surface area contributed by atoms with Crippen LogP contribution in [0.25, 0.3) is 0 Å². The van der Waals surface area contributed by atoms with E-state index in [4.69, 9.17) is 4.74 Å². The molecule has 0 aliphatic carbocycles. The minimum atomic E-state index is 0. The Morgan fingerprint density at radius 3 is 2.42 bits per heavy atom. The van der Waals surface area contributed by atoms with Gasteiger partial charge in [-0.05, 0) is 49.6 Å². The fourth-order valence-electron chi connectivity index (χ4n) is 3.36. The third-order valence-electron chi connectivity index (χ3n) is 4.88. The van der Waals surface area contributed by atoms with E-state index in [0.29, 0.717) is 5.92 Å². The lowest BCUT2D eigenvalue weighted by atomic mass is 9.78. The molecule has 1 aliphatic rings. The minimum Gasteiger partial charge on any atom is -0.497 e. The third-order valence-corrected chi connectivity index (χ3v) is 4.88. The molecule has 3 atom stereocenters. The maximum absolute atomic E-state index is 11.9. The number of benzene rings is 1. The number of carbonyl (C=O) groups excluding carboxylic acids is 1. The Balaban J connectivity index is 0.000000385. The number of methoxy groups -OCH3 is 1. The van der Waals surface area contributed by atoms with Crippen molar-refractivity contribution in [1.29, 1.82) is 0 Å². The molecule has 5 heteroatoms. The van der Waals surface area contributed by atoms with Gasteiger partial charge < -0.3 is 9.64 Å². The number of allylic oxidation sites excluding steroid dienone is 1. The van der Waals surface area contributed by atoms with Crippen LogP contribution in [0, 0.1) is 12.8 Å². The molecule has 26 heavy (non-hydrogen) atoms. The molecule has 2 heterocycles. The minimum absolute atomic E-state index is 0. The van der Waals surface area contributed by atoms with Crippen LogP contribution in [-0.2, 0) is 4.79 Å². The molecule has 3 rings (SSSR count). The van der Waals surface area contributed by atoms with Crippen molar-refractivity contribution in [1.82, 2.24) is 9.97 Å². The lowest BCUT2D eigenvalue weighted by molar-refractivity contribution is -0.117. The monoisotopic (exact) mass is 355 g/mol. The van der Waals surface area contributed by atoms with Crippen LogP contribution in [0.5, 0.6) is 5.75 Å². The molecule has 0 spiro atoms. The van der Waals surface area contributed by atoms with Crippen LogP contribution in [0.15, 0.2) is 49.3 Å². The molecule has 0 radical (unpaired) electrons. The highest BCUT2D eigenvalue weighted by molar-refractivity contribution is 5.94. The van der Waals surface area contributed by atoms with Gasteiger partial charge in [-0.2, -0.15) is 0 Å². The zero-order valence-electron chi connectivity index (χ0n) is 16.1. The van der Waals surface area contributed by atoms with Crippen molar-refractivity contribution in [2.75, 3.05) is 12.0 Å². The van der Waals surface area contributed by atoms with Crippen molar-refractivity contribution in [2.24, 2.45) is 5.92 Å². The van der Waals surface area contributed by atoms with Crippen LogP contribution < -0.4 is 9.64 Å². The number of amides is 1. The van der Waals surface area contributed by atoms with Crippen molar-refractivity contribution < 1.29 is 11.0 Å². The molecule has 1 aliphatic heterocycles. The van der Waals surface area contributed by atoms with E-state index in [1.54, 1.807) is 32.5 Å². The predicted molar refractivity (Wildman–Crippen MR) is 107 cm³/mol. The summed E-state index contributed by atoms with van der Waals surface area (Å²) in [7, 11) is 1.66. The van der Waals surface area contributed by atoms with E-state index < -0.39 is 0 Å². The van der Waals surface area contributed by atoms with Gasteiger partial charge in [0.15, 0.2) is 0 Å². The van der Waals surface area contributed by atoms with E-state index in [-0.39, 0.29) is 19.3 Å². The zero-order valence-corrected chi connectivity index (χ0v) is 16.1. The highest BCUT2D eigenvalue weighted by Crippen LogP contribution is 2.43. The van der Waals surface area contributed by atoms with Crippen molar-refractivity contribution in [3.05, 3.63) is 60.7 Å². The first-order chi connectivity index (χ1) is 12.4. The van der Waals surface area contributed by atoms with E-state index >= 15 is 0 Å². The molecule has 0 saturated carbocycles. The first kappa shape index (κ1) is 19.6. The first-order valence-corrected chi connectivity index (χ1v) is 8.74. The van der Waals surface area contributed by atoms with E-state index in [9.17, 15) is 4.79 Å². The maximum Gasteiger partial charge on any atom is 0.224 e. The topological polar surface area (TPSA) is 55.3 Å². The summed E-state index contributed by atoms with van der Waals surface area (Å²) in [5, 5.41) is 0. The van der Waals surface area contributed by atoms with Gasteiger partial charge in [-0.25, -0.2) is 9.97 Å². The molecular weight excluding hydrogens is 326 g/mol. The van der Waals surface area contributed by atoms with Gasteiger partial charge in [-0.1, -0.05) is 13.0 Å². The van der Waals surface area contributed by atoms with Crippen LogP contribution in [0.1, 0.15) is 39.5 Å². The second kappa shape index (κ2) is 8.61. The van der Waals surface area contributed by atoms with Crippen molar-refractivity contribution >= 4 is 11.6 Å². The molecule has 2 aromatic rings. The Labute approximate surface area is 157 Å². The summed E-state index contributed by atoms with van der Waals surface area (Å²) < 4.78 is 5.29. The Hall–Kier alpha value is -2.69. The summed E-state index contributed by atoms with van der Waals surface area (Å²) >= 11 is 0. The fraction of sp³-hybridized carbons (Fsp3) is 0.381. The number of rotatable bonds is 2. The second-order valence-electron chi connectivity index (χ2n) is 6.47. The number of aromatic nitrogens is 2. The van der Waals surface area contributed by atoms with E-state index in [2.05, 4.69) is 30.4 Å². The quantitative estimate of drug-likeness (QED) is 0.750.